The molecule has 4 nitrogen and oxygen atoms in total. The molecule has 106 valence electrons. The van der Waals surface area contributed by atoms with Crippen LogP contribution in [0.1, 0.15) is 35.2 Å². The van der Waals surface area contributed by atoms with Crippen molar-refractivity contribution in [3.63, 3.8) is 0 Å². The largest absolute Gasteiger partial charge is 0.497 e. The molecule has 1 aliphatic carbocycles. The highest BCUT2D eigenvalue weighted by Crippen LogP contribution is 2.38. The fourth-order valence-electron chi connectivity index (χ4n) is 3.15. The zero-order chi connectivity index (χ0) is 14.1. The Morgan fingerprint density at radius 3 is 2.90 bits per heavy atom. The van der Waals surface area contributed by atoms with E-state index in [1.807, 2.05) is 19.3 Å². The molecule has 0 saturated heterocycles. The van der Waals surface area contributed by atoms with Gasteiger partial charge in [0.1, 0.15) is 5.75 Å². The van der Waals surface area contributed by atoms with Crippen LogP contribution in [0.2, 0.25) is 0 Å². The van der Waals surface area contributed by atoms with E-state index in [1.165, 1.54) is 16.7 Å². The maximum atomic E-state index is 5.33. The van der Waals surface area contributed by atoms with Gasteiger partial charge in [-0.1, -0.05) is 6.07 Å². The standard InChI is InChI=1S/C16H21N3O/c1-11-9-18-19(10-11)15-7-4-12-8-13(20-3)5-6-14(12)16(15)17-2/h5-6,8-10,15-17H,4,7H2,1-3H3. The fraction of sp³-hybridized carbons (Fsp3) is 0.438. The molecule has 1 aromatic heterocycles. The normalized spacial score (nSPS) is 21.6. The van der Waals surface area contributed by atoms with Crippen LogP contribution in [-0.2, 0) is 6.42 Å². The number of benzene rings is 1. The fourth-order valence-corrected chi connectivity index (χ4v) is 3.15. The molecule has 0 aliphatic heterocycles. The van der Waals surface area contributed by atoms with Crippen molar-refractivity contribution in [3.05, 3.63) is 47.3 Å². The van der Waals surface area contributed by atoms with E-state index in [1.54, 1.807) is 7.11 Å². The first kappa shape index (κ1) is 13.2. The van der Waals surface area contributed by atoms with Crippen LogP contribution in [0.5, 0.6) is 5.75 Å². The quantitative estimate of drug-likeness (QED) is 0.932. The summed E-state index contributed by atoms with van der Waals surface area (Å²) in [5.74, 6) is 0.937. The molecule has 1 N–H and O–H groups in total. The number of fused-ring (bicyclic) bond motifs is 1. The Kier molecular flexibility index (Phi) is 3.49. The molecule has 0 amide bonds. The van der Waals surface area contributed by atoms with Crippen LogP contribution < -0.4 is 10.1 Å². The van der Waals surface area contributed by atoms with Crippen LogP contribution in [0.15, 0.2) is 30.6 Å². The van der Waals surface area contributed by atoms with Gasteiger partial charge < -0.3 is 10.1 Å². The Bertz CT molecular complexity index is 606. The van der Waals surface area contributed by atoms with Gasteiger partial charge in [0.2, 0.25) is 0 Å². The van der Waals surface area contributed by atoms with Crippen molar-refractivity contribution < 1.29 is 4.74 Å². The van der Waals surface area contributed by atoms with E-state index in [9.17, 15) is 0 Å². The summed E-state index contributed by atoms with van der Waals surface area (Å²) >= 11 is 0. The molecule has 0 fully saturated rings. The molecule has 1 heterocycles. The first-order chi connectivity index (χ1) is 9.72. The average Bonchev–Trinajstić information content (AvgIpc) is 2.91. The van der Waals surface area contributed by atoms with Crippen LogP contribution in [-0.4, -0.2) is 23.9 Å². The summed E-state index contributed by atoms with van der Waals surface area (Å²) in [6.07, 6.45) is 6.21. The summed E-state index contributed by atoms with van der Waals surface area (Å²) in [6, 6.07) is 7.04. The topological polar surface area (TPSA) is 39.1 Å². The Labute approximate surface area is 119 Å². The Morgan fingerprint density at radius 1 is 1.40 bits per heavy atom. The van der Waals surface area contributed by atoms with Crippen molar-refractivity contribution >= 4 is 0 Å². The van der Waals surface area contributed by atoms with Gasteiger partial charge in [-0.25, -0.2) is 0 Å². The summed E-state index contributed by atoms with van der Waals surface area (Å²) in [6.45, 7) is 2.08. The predicted octanol–water partition coefficient (Wildman–Crippen LogP) is 2.65. The summed E-state index contributed by atoms with van der Waals surface area (Å²) in [7, 11) is 3.74. The second kappa shape index (κ2) is 5.29. The van der Waals surface area contributed by atoms with Crippen LogP contribution in [0, 0.1) is 6.92 Å². The van der Waals surface area contributed by atoms with Crippen molar-refractivity contribution in [2.24, 2.45) is 0 Å². The molecule has 2 unspecified atom stereocenters. The van der Waals surface area contributed by atoms with Gasteiger partial charge in [0.05, 0.1) is 25.4 Å². The number of nitrogens with one attached hydrogen (secondary N) is 1. The minimum absolute atomic E-state index is 0.295. The lowest BCUT2D eigenvalue weighted by atomic mass is 9.84. The number of nitrogens with zero attached hydrogens (tertiary/aromatic N) is 2. The van der Waals surface area contributed by atoms with Gasteiger partial charge in [0, 0.05) is 6.20 Å². The molecule has 0 saturated carbocycles. The van der Waals surface area contributed by atoms with Crippen molar-refractivity contribution in [1.82, 2.24) is 15.1 Å². The molecule has 1 aromatic carbocycles. The van der Waals surface area contributed by atoms with Crippen molar-refractivity contribution in [2.75, 3.05) is 14.2 Å². The molecule has 0 radical (unpaired) electrons. The molecule has 4 heteroatoms. The lowest BCUT2D eigenvalue weighted by Crippen LogP contribution is -2.32. The number of methoxy groups -OCH3 is 1. The zero-order valence-electron chi connectivity index (χ0n) is 12.3. The second-order valence-corrected chi connectivity index (χ2v) is 5.43. The maximum absolute atomic E-state index is 5.33. The third kappa shape index (κ3) is 2.20. The lowest BCUT2D eigenvalue weighted by Gasteiger charge is -2.33. The minimum atomic E-state index is 0.295. The summed E-state index contributed by atoms with van der Waals surface area (Å²) in [5, 5.41) is 7.95. The highest BCUT2D eigenvalue weighted by atomic mass is 16.5. The van der Waals surface area contributed by atoms with Gasteiger partial charge in [-0.2, -0.15) is 5.10 Å². The first-order valence-electron chi connectivity index (χ1n) is 7.07. The molecule has 1 aliphatic rings. The van der Waals surface area contributed by atoms with E-state index < -0.39 is 0 Å². The number of hydrogen-bond acceptors (Lipinski definition) is 3. The van der Waals surface area contributed by atoms with E-state index in [4.69, 9.17) is 4.74 Å². The Hall–Kier alpha value is -1.81. The van der Waals surface area contributed by atoms with Gasteiger partial charge in [-0.3, -0.25) is 4.68 Å². The highest BCUT2D eigenvalue weighted by molar-refractivity contribution is 5.40. The predicted molar refractivity (Wildman–Crippen MR) is 79.1 cm³/mol. The SMILES string of the molecule is CNC1c2ccc(OC)cc2CCC1n1cc(C)cn1. The number of rotatable bonds is 3. The van der Waals surface area contributed by atoms with Crippen LogP contribution in [0.4, 0.5) is 0 Å². The molecule has 0 bridgehead atoms. The van der Waals surface area contributed by atoms with Gasteiger partial charge >= 0.3 is 0 Å². The first-order valence-corrected chi connectivity index (χ1v) is 7.07. The molecular weight excluding hydrogens is 250 g/mol. The number of hydrogen-bond donors (Lipinski definition) is 1. The van der Waals surface area contributed by atoms with E-state index in [-0.39, 0.29) is 0 Å². The third-order valence-electron chi connectivity index (χ3n) is 4.16. The minimum Gasteiger partial charge on any atom is -0.497 e. The molecular formula is C16H21N3O. The third-order valence-corrected chi connectivity index (χ3v) is 4.16. The number of ether oxygens (including phenoxy) is 1. The van der Waals surface area contributed by atoms with Gasteiger partial charge in [-0.05, 0) is 55.6 Å². The maximum Gasteiger partial charge on any atom is 0.119 e. The number of aryl methyl sites for hydroxylation is 2. The van der Waals surface area contributed by atoms with Gasteiger partial charge in [-0.15, -0.1) is 0 Å². The Balaban J connectivity index is 1.97. The lowest BCUT2D eigenvalue weighted by molar-refractivity contribution is 0.308. The number of aromatic nitrogens is 2. The zero-order valence-corrected chi connectivity index (χ0v) is 12.3. The molecule has 0 spiro atoms. The molecule has 2 aromatic rings. The van der Waals surface area contributed by atoms with Gasteiger partial charge in [0.25, 0.3) is 0 Å². The van der Waals surface area contributed by atoms with Crippen molar-refractivity contribution in [1.29, 1.82) is 0 Å². The van der Waals surface area contributed by atoms with E-state index in [0.717, 1.165) is 18.6 Å². The summed E-state index contributed by atoms with van der Waals surface area (Å²) < 4.78 is 7.43. The van der Waals surface area contributed by atoms with Crippen LogP contribution >= 0.6 is 0 Å². The highest BCUT2D eigenvalue weighted by Gasteiger charge is 2.30. The van der Waals surface area contributed by atoms with E-state index in [2.05, 4.69) is 40.4 Å². The molecule has 20 heavy (non-hydrogen) atoms. The number of likely N-dealkylation sites (N-methyl/N-ethyl adjacent to an activating group) is 1. The average molecular weight is 271 g/mol. The van der Waals surface area contributed by atoms with Crippen LogP contribution in [0.25, 0.3) is 0 Å². The van der Waals surface area contributed by atoms with E-state index >= 15 is 0 Å². The summed E-state index contributed by atoms with van der Waals surface area (Å²) in [4.78, 5) is 0. The van der Waals surface area contributed by atoms with Crippen molar-refractivity contribution in [2.45, 2.75) is 31.8 Å². The van der Waals surface area contributed by atoms with E-state index in [0.29, 0.717) is 12.1 Å². The summed E-state index contributed by atoms with van der Waals surface area (Å²) in [5.41, 5.74) is 3.95. The molecule has 3 rings (SSSR count). The smallest absolute Gasteiger partial charge is 0.119 e. The monoisotopic (exact) mass is 271 g/mol. The Morgan fingerprint density at radius 2 is 2.25 bits per heavy atom. The molecule has 2 atom stereocenters. The second-order valence-electron chi connectivity index (χ2n) is 5.43. The van der Waals surface area contributed by atoms with Crippen molar-refractivity contribution in [3.8, 4) is 5.75 Å². The van der Waals surface area contributed by atoms with Crippen LogP contribution in [0.3, 0.4) is 0 Å². The van der Waals surface area contributed by atoms with Gasteiger partial charge in [0.15, 0.2) is 0 Å².